The molecule has 0 aliphatic heterocycles. The number of hydrogen-bond acceptors (Lipinski definition) is 3. The summed E-state index contributed by atoms with van der Waals surface area (Å²) in [5, 5.41) is 3.93. The molecular formula is C17H22ClN3. The Bertz CT molecular complexity index is 636. The molecule has 0 aliphatic rings. The maximum Gasteiger partial charge on any atom is 0.138 e. The van der Waals surface area contributed by atoms with Crippen LogP contribution >= 0.6 is 11.6 Å². The lowest BCUT2D eigenvalue weighted by atomic mass is 10.0. The molecule has 21 heavy (non-hydrogen) atoms. The number of nitrogens with one attached hydrogen (secondary N) is 1. The van der Waals surface area contributed by atoms with Crippen molar-refractivity contribution in [2.75, 3.05) is 5.32 Å². The van der Waals surface area contributed by atoms with Crippen molar-refractivity contribution in [2.45, 2.75) is 46.5 Å². The molecule has 0 saturated carbocycles. The maximum atomic E-state index is 6.24. The molecule has 1 aromatic heterocycles. The van der Waals surface area contributed by atoms with Crippen molar-refractivity contribution in [1.82, 2.24) is 9.97 Å². The highest BCUT2D eigenvalue weighted by Crippen LogP contribution is 2.29. The van der Waals surface area contributed by atoms with Gasteiger partial charge in [0, 0.05) is 17.2 Å². The number of halogens is 1. The summed E-state index contributed by atoms with van der Waals surface area (Å²) in [6, 6.07) is 8.28. The summed E-state index contributed by atoms with van der Waals surface area (Å²) < 4.78 is 0. The van der Waals surface area contributed by atoms with Crippen LogP contribution in [0, 0.1) is 6.92 Å². The summed E-state index contributed by atoms with van der Waals surface area (Å²) in [7, 11) is 0. The molecule has 0 bridgehead atoms. The average molecular weight is 304 g/mol. The number of rotatable bonds is 4. The van der Waals surface area contributed by atoms with Crippen LogP contribution in [0.15, 0.2) is 24.3 Å². The lowest BCUT2D eigenvalue weighted by molar-refractivity contribution is 0.773. The Balaban J connectivity index is 2.44. The van der Waals surface area contributed by atoms with Crippen LogP contribution in [-0.2, 0) is 0 Å². The predicted molar refractivity (Wildman–Crippen MR) is 89.7 cm³/mol. The van der Waals surface area contributed by atoms with E-state index < -0.39 is 0 Å². The highest BCUT2D eigenvalue weighted by molar-refractivity contribution is 6.30. The molecule has 0 spiro atoms. The molecule has 1 N–H and O–H groups in total. The van der Waals surface area contributed by atoms with E-state index in [0.29, 0.717) is 11.1 Å². The monoisotopic (exact) mass is 303 g/mol. The lowest BCUT2D eigenvalue weighted by Crippen LogP contribution is -2.06. The van der Waals surface area contributed by atoms with Crippen LogP contribution in [0.4, 0.5) is 11.5 Å². The van der Waals surface area contributed by atoms with Crippen molar-refractivity contribution in [3.8, 4) is 0 Å². The van der Waals surface area contributed by atoms with Crippen LogP contribution < -0.4 is 5.32 Å². The number of para-hydroxylation sites is 1. The van der Waals surface area contributed by atoms with E-state index in [0.717, 1.165) is 22.9 Å². The van der Waals surface area contributed by atoms with E-state index in [1.807, 2.05) is 13.0 Å². The van der Waals surface area contributed by atoms with Crippen molar-refractivity contribution in [2.24, 2.45) is 0 Å². The summed E-state index contributed by atoms with van der Waals surface area (Å²) in [5.41, 5.74) is 3.21. The van der Waals surface area contributed by atoms with Gasteiger partial charge in [0.2, 0.25) is 0 Å². The quantitative estimate of drug-likeness (QED) is 0.765. The van der Waals surface area contributed by atoms with Gasteiger partial charge in [0.25, 0.3) is 0 Å². The van der Waals surface area contributed by atoms with Crippen LogP contribution in [-0.4, -0.2) is 9.97 Å². The van der Waals surface area contributed by atoms with Crippen molar-refractivity contribution in [3.63, 3.8) is 0 Å². The number of benzene rings is 1. The van der Waals surface area contributed by atoms with Gasteiger partial charge >= 0.3 is 0 Å². The second kappa shape index (κ2) is 6.44. The van der Waals surface area contributed by atoms with Gasteiger partial charge < -0.3 is 5.32 Å². The Morgan fingerprint density at radius 2 is 1.67 bits per heavy atom. The van der Waals surface area contributed by atoms with Gasteiger partial charge in [0.1, 0.15) is 16.8 Å². The molecule has 0 aliphatic carbocycles. The minimum atomic E-state index is 0.240. The average Bonchev–Trinajstić information content (AvgIpc) is 2.43. The number of nitrogens with zero attached hydrogens (tertiary/aromatic N) is 2. The van der Waals surface area contributed by atoms with Crippen LogP contribution in [0.3, 0.4) is 0 Å². The van der Waals surface area contributed by atoms with Gasteiger partial charge in [0.05, 0.1) is 0 Å². The first-order valence-corrected chi connectivity index (χ1v) is 7.68. The van der Waals surface area contributed by atoms with Gasteiger partial charge in [-0.15, -0.1) is 0 Å². The largest absolute Gasteiger partial charge is 0.340 e. The molecule has 0 saturated heterocycles. The van der Waals surface area contributed by atoms with Gasteiger partial charge in [-0.05, 0) is 24.5 Å². The third-order valence-electron chi connectivity index (χ3n) is 3.46. The molecule has 112 valence electrons. The second-order valence-corrected chi connectivity index (χ2v) is 6.23. The first-order valence-electron chi connectivity index (χ1n) is 7.30. The van der Waals surface area contributed by atoms with E-state index in [2.05, 4.69) is 61.2 Å². The predicted octanol–water partition coefficient (Wildman–Crippen LogP) is 5.43. The van der Waals surface area contributed by atoms with E-state index in [4.69, 9.17) is 11.6 Å². The Morgan fingerprint density at radius 1 is 1.00 bits per heavy atom. The zero-order valence-electron chi connectivity index (χ0n) is 13.2. The van der Waals surface area contributed by atoms with Gasteiger partial charge in [-0.2, -0.15) is 0 Å². The van der Waals surface area contributed by atoms with E-state index in [-0.39, 0.29) is 5.92 Å². The number of anilines is 2. The smallest absolute Gasteiger partial charge is 0.138 e. The van der Waals surface area contributed by atoms with Crippen molar-refractivity contribution in [3.05, 3.63) is 46.4 Å². The van der Waals surface area contributed by atoms with Crippen LogP contribution in [0.5, 0.6) is 0 Å². The topological polar surface area (TPSA) is 37.8 Å². The molecule has 0 radical (unpaired) electrons. The third-order valence-corrected chi connectivity index (χ3v) is 3.82. The minimum Gasteiger partial charge on any atom is -0.340 e. The van der Waals surface area contributed by atoms with Crippen LogP contribution in [0.1, 0.15) is 56.5 Å². The molecule has 2 rings (SSSR count). The van der Waals surface area contributed by atoms with E-state index >= 15 is 0 Å². The van der Waals surface area contributed by atoms with Gasteiger partial charge in [0.15, 0.2) is 0 Å². The zero-order valence-corrected chi connectivity index (χ0v) is 14.0. The summed E-state index contributed by atoms with van der Waals surface area (Å²) in [5.74, 6) is 2.22. The van der Waals surface area contributed by atoms with Crippen LogP contribution in [0.25, 0.3) is 0 Å². The normalized spacial score (nSPS) is 11.2. The lowest BCUT2D eigenvalue weighted by Gasteiger charge is -2.17. The fourth-order valence-corrected chi connectivity index (χ4v) is 2.30. The van der Waals surface area contributed by atoms with Gasteiger partial charge in [-0.25, -0.2) is 9.97 Å². The molecule has 0 unspecified atom stereocenters. The molecule has 4 heteroatoms. The Kier molecular flexibility index (Phi) is 4.84. The minimum absolute atomic E-state index is 0.240. The SMILES string of the molecule is Cc1c(Cl)nc(C(C)C)nc1Nc1ccccc1C(C)C. The molecule has 3 nitrogen and oxygen atoms in total. The van der Waals surface area contributed by atoms with E-state index in [1.54, 1.807) is 0 Å². The van der Waals surface area contributed by atoms with E-state index in [1.165, 1.54) is 5.56 Å². The second-order valence-electron chi connectivity index (χ2n) is 5.87. The summed E-state index contributed by atoms with van der Waals surface area (Å²) >= 11 is 6.24. The Hall–Kier alpha value is -1.61. The Labute approximate surface area is 131 Å². The molecule has 0 atom stereocenters. The zero-order chi connectivity index (χ0) is 15.6. The molecule has 1 aromatic carbocycles. The highest BCUT2D eigenvalue weighted by Gasteiger charge is 2.13. The first-order chi connectivity index (χ1) is 9.90. The summed E-state index contributed by atoms with van der Waals surface area (Å²) in [6.45, 7) is 10.4. The maximum absolute atomic E-state index is 6.24. The van der Waals surface area contributed by atoms with Crippen molar-refractivity contribution < 1.29 is 0 Å². The summed E-state index contributed by atoms with van der Waals surface area (Å²) in [4.78, 5) is 8.97. The standard InChI is InChI=1S/C17H22ClN3/c1-10(2)13-8-6-7-9-14(13)19-17-12(5)15(18)20-16(21-17)11(3)4/h6-11H,1-5H3,(H,19,20,21). The summed E-state index contributed by atoms with van der Waals surface area (Å²) in [6.07, 6.45) is 0. The molecular weight excluding hydrogens is 282 g/mol. The van der Waals surface area contributed by atoms with Gasteiger partial charge in [-0.3, -0.25) is 0 Å². The van der Waals surface area contributed by atoms with Crippen LogP contribution in [0.2, 0.25) is 5.15 Å². The molecule has 2 aromatic rings. The Morgan fingerprint density at radius 3 is 2.29 bits per heavy atom. The molecule has 1 heterocycles. The van der Waals surface area contributed by atoms with Crippen molar-refractivity contribution >= 4 is 23.1 Å². The van der Waals surface area contributed by atoms with Gasteiger partial charge in [-0.1, -0.05) is 57.5 Å². The molecule has 0 fully saturated rings. The first kappa shape index (κ1) is 15.8. The highest BCUT2D eigenvalue weighted by atomic mass is 35.5. The fraction of sp³-hybridized carbons (Fsp3) is 0.412. The van der Waals surface area contributed by atoms with Crippen molar-refractivity contribution in [1.29, 1.82) is 0 Å². The third kappa shape index (κ3) is 3.53. The molecule has 0 amide bonds. The number of hydrogen-bond donors (Lipinski definition) is 1. The van der Waals surface area contributed by atoms with E-state index in [9.17, 15) is 0 Å². The fourth-order valence-electron chi connectivity index (χ4n) is 2.13. The number of aromatic nitrogens is 2.